The Morgan fingerprint density at radius 2 is 2.00 bits per heavy atom. The molecule has 1 heterocycles. The number of hydrogen-bond acceptors (Lipinski definition) is 5. The third-order valence-electron chi connectivity index (χ3n) is 2.89. The summed E-state index contributed by atoms with van der Waals surface area (Å²) in [5.74, 6) is -0.234. The van der Waals surface area contributed by atoms with E-state index >= 15 is 0 Å². The lowest BCUT2D eigenvalue weighted by Crippen LogP contribution is -2.27. The van der Waals surface area contributed by atoms with E-state index in [1.54, 1.807) is 42.2 Å². The van der Waals surface area contributed by atoms with E-state index < -0.39 is 10.0 Å². The molecule has 2 rings (SSSR count). The zero-order valence-corrected chi connectivity index (χ0v) is 12.9. The average Bonchev–Trinajstić information content (AvgIpc) is 3.01. The molecule has 9 heteroatoms. The van der Waals surface area contributed by atoms with Gasteiger partial charge >= 0.3 is 0 Å². The minimum absolute atomic E-state index is 0.00246. The summed E-state index contributed by atoms with van der Waals surface area (Å²) < 4.78 is 26.9. The van der Waals surface area contributed by atoms with Gasteiger partial charge < -0.3 is 5.32 Å². The highest BCUT2D eigenvalue weighted by Gasteiger charge is 2.08. The van der Waals surface area contributed by atoms with Gasteiger partial charge in [0.15, 0.2) is 0 Å². The number of benzene rings is 1. The van der Waals surface area contributed by atoms with Crippen LogP contribution in [-0.2, 0) is 16.6 Å². The number of anilines is 1. The maximum absolute atomic E-state index is 11.9. The highest BCUT2D eigenvalue weighted by Crippen LogP contribution is 2.11. The van der Waals surface area contributed by atoms with Crippen molar-refractivity contribution in [3.05, 3.63) is 42.5 Å². The molecule has 0 aliphatic carbocycles. The normalized spacial score (nSPS) is 11.1. The van der Waals surface area contributed by atoms with Crippen LogP contribution >= 0.6 is 0 Å². The van der Waals surface area contributed by atoms with Crippen LogP contribution in [0.5, 0.6) is 0 Å². The van der Waals surface area contributed by atoms with E-state index in [2.05, 4.69) is 20.1 Å². The number of nitrogens with zero attached hydrogens (tertiary/aromatic N) is 3. The summed E-state index contributed by atoms with van der Waals surface area (Å²) in [5, 5.41) is 6.68. The van der Waals surface area contributed by atoms with E-state index in [0.717, 1.165) is 0 Å². The Labute approximate surface area is 128 Å². The number of amides is 1. The van der Waals surface area contributed by atoms with Crippen LogP contribution in [0.1, 0.15) is 17.3 Å². The van der Waals surface area contributed by atoms with Gasteiger partial charge in [0.25, 0.3) is 5.91 Å². The highest BCUT2D eigenvalue weighted by atomic mass is 32.2. The summed E-state index contributed by atoms with van der Waals surface area (Å²) in [6.45, 7) is 2.51. The fraction of sp³-hybridized carbons (Fsp3) is 0.308. The molecular formula is C13H17N5O3S. The Morgan fingerprint density at radius 1 is 1.27 bits per heavy atom. The first kappa shape index (κ1) is 16.0. The zero-order valence-electron chi connectivity index (χ0n) is 12.1. The minimum Gasteiger partial charge on any atom is -0.350 e. The molecule has 1 aromatic heterocycles. The van der Waals surface area contributed by atoms with Crippen molar-refractivity contribution in [3.63, 3.8) is 0 Å². The SMILES string of the molecule is CCS(=O)(=O)Nc1ccc(C(=O)NCCn2cncn2)cc1. The van der Waals surface area contributed by atoms with Gasteiger partial charge in [0, 0.05) is 17.8 Å². The average molecular weight is 323 g/mol. The molecule has 0 atom stereocenters. The van der Waals surface area contributed by atoms with Crippen LogP contribution in [0.4, 0.5) is 5.69 Å². The first-order chi connectivity index (χ1) is 10.5. The molecule has 0 fully saturated rings. The third-order valence-corrected chi connectivity index (χ3v) is 4.20. The molecule has 0 radical (unpaired) electrons. The molecule has 0 bridgehead atoms. The highest BCUT2D eigenvalue weighted by molar-refractivity contribution is 7.92. The number of aromatic nitrogens is 3. The van der Waals surface area contributed by atoms with Crippen molar-refractivity contribution in [2.24, 2.45) is 0 Å². The molecule has 22 heavy (non-hydrogen) atoms. The maximum atomic E-state index is 11.9. The second kappa shape index (κ2) is 7.03. The number of carbonyl (C=O) groups is 1. The summed E-state index contributed by atoms with van der Waals surface area (Å²) in [5.41, 5.74) is 0.888. The second-order valence-corrected chi connectivity index (χ2v) is 6.51. The van der Waals surface area contributed by atoms with Gasteiger partial charge in [-0.05, 0) is 31.2 Å². The summed E-state index contributed by atoms with van der Waals surface area (Å²) in [7, 11) is -3.31. The topological polar surface area (TPSA) is 106 Å². The maximum Gasteiger partial charge on any atom is 0.251 e. The van der Waals surface area contributed by atoms with Crippen LogP contribution in [0, 0.1) is 0 Å². The number of sulfonamides is 1. The molecule has 0 saturated heterocycles. The number of rotatable bonds is 7. The van der Waals surface area contributed by atoms with E-state index in [4.69, 9.17) is 0 Å². The lowest BCUT2D eigenvalue weighted by Gasteiger charge is -2.08. The van der Waals surface area contributed by atoms with E-state index in [0.29, 0.717) is 24.3 Å². The Hall–Kier alpha value is -2.42. The van der Waals surface area contributed by atoms with Crippen molar-refractivity contribution in [2.45, 2.75) is 13.5 Å². The number of carbonyl (C=O) groups excluding carboxylic acids is 1. The molecule has 2 N–H and O–H groups in total. The number of nitrogens with one attached hydrogen (secondary N) is 2. The van der Waals surface area contributed by atoms with Crippen LogP contribution in [0.25, 0.3) is 0 Å². The summed E-state index contributed by atoms with van der Waals surface area (Å²) in [6, 6.07) is 6.25. The molecule has 0 aliphatic rings. The largest absolute Gasteiger partial charge is 0.350 e. The van der Waals surface area contributed by atoms with Crippen LogP contribution in [0.2, 0.25) is 0 Å². The van der Waals surface area contributed by atoms with Crippen molar-refractivity contribution in [1.82, 2.24) is 20.1 Å². The molecule has 0 spiro atoms. The standard InChI is InChI=1S/C13H17N5O3S/c1-2-22(20,21)17-12-5-3-11(4-6-12)13(19)15-7-8-18-10-14-9-16-18/h3-6,9-10,17H,2,7-8H2,1H3,(H,15,19). The molecule has 0 saturated carbocycles. The zero-order chi connectivity index (χ0) is 16.0. The molecule has 118 valence electrons. The molecule has 0 aliphatic heterocycles. The third kappa shape index (κ3) is 4.55. The van der Waals surface area contributed by atoms with Crippen LogP contribution in [-0.4, -0.2) is 41.4 Å². The van der Waals surface area contributed by atoms with Crippen LogP contribution < -0.4 is 10.0 Å². The van der Waals surface area contributed by atoms with E-state index in [1.165, 1.54) is 6.33 Å². The lowest BCUT2D eigenvalue weighted by molar-refractivity contribution is 0.0952. The van der Waals surface area contributed by atoms with Gasteiger partial charge in [-0.1, -0.05) is 0 Å². The Bertz CT molecular complexity index is 711. The smallest absolute Gasteiger partial charge is 0.251 e. The monoisotopic (exact) mass is 323 g/mol. The minimum atomic E-state index is -3.31. The van der Waals surface area contributed by atoms with Gasteiger partial charge in [-0.15, -0.1) is 0 Å². The van der Waals surface area contributed by atoms with E-state index in [9.17, 15) is 13.2 Å². The van der Waals surface area contributed by atoms with Crippen molar-refractivity contribution in [3.8, 4) is 0 Å². The predicted molar refractivity (Wildman–Crippen MR) is 81.9 cm³/mol. The molecule has 2 aromatic rings. The Balaban J connectivity index is 1.88. The first-order valence-corrected chi connectivity index (χ1v) is 8.36. The molecule has 1 amide bonds. The van der Waals surface area contributed by atoms with Gasteiger partial charge in [0.05, 0.1) is 12.3 Å². The van der Waals surface area contributed by atoms with Crippen molar-refractivity contribution in [2.75, 3.05) is 17.0 Å². The van der Waals surface area contributed by atoms with Crippen molar-refractivity contribution < 1.29 is 13.2 Å². The van der Waals surface area contributed by atoms with E-state index in [1.807, 2.05) is 0 Å². The molecule has 8 nitrogen and oxygen atoms in total. The van der Waals surface area contributed by atoms with Gasteiger partial charge in [-0.25, -0.2) is 13.4 Å². The quantitative estimate of drug-likeness (QED) is 0.770. The number of hydrogen-bond donors (Lipinski definition) is 2. The van der Waals surface area contributed by atoms with Crippen molar-refractivity contribution >= 4 is 21.6 Å². The van der Waals surface area contributed by atoms with Gasteiger partial charge in [0.2, 0.25) is 10.0 Å². The molecular weight excluding hydrogens is 306 g/mol. The fourth-order valence-corrected chi connectivity index (χ4v) is 2.32. The first-order valence-electron chi connectivity index (χ1n) is 6.71. The van der Waals surface area contributed by atoms with Gasteiger partial charge in [-0.3, -0.25) is 14.2 Å². The fourth-order valence-electron chi connectivity index (χ4n) is 1.68. The predicted octanol–water partition coefficient (Wildman–Crippen LogP) is 0.470. The van der Waals surface area contributed by atoms with Gasteiger partial charge in [-0.2, -0.15) is 5.10 Å². The summed E-state index contributed by atoms with van der Waals surface area (Å²) in [6.07, 6.45) is 3.00. The van der Waals surface area contributed by atoms with Gasteiger partial charge in [0.1, 0.15) is 12.7 Å². The molecule has 0 unspecified atom stereocenters. The summed E-state index contributed by atoms with van der Waals surface area (Å²) >= 11 is 0. The molecule has 1 aromatic carbocycles. The van der Waals surface area contributed by atoms with Crippen LogP contribution in [0.3, 0.4) is 0 Å². The lowest BCUT2D eigenvalue weighted by atomic mass is 10.2. The van der Waals surface area contributed by atoms with E-state index in [-0.39, 0.29) is 11.7 Å². The second-order valence-electron chi connectivity index (χ2n) is 4.50. The Kier molecular flexibility index (Phi) is 5.10. The van der Waals surface area contributed by atoms with Crippen LogP contribution in [0.15, 0.2) is 36.9 Å². The summed E-state index contributed by atoms with van der Waals surface area (Å²) in [4.78, 5) is 15.7. The Morgan fingerprint density at radius 3 is 2.59 bits per heavy atom. The van der Waals surface area contributed by atoms with Crippen molar-refractivity contribution in [1.29, 1.82) is 0 Å².